The van der Waals surface area contributed by atoms with Crippen LogP contribution in [0.5, 0.6) is 5.75 Å². The van der Waals surface area contributed by atoms with E-state index in [4.69, 9.17) is 16.0 Å². The number of rotatable bonds is 3. The van der Waals surface area contributed by atoms with Crippen molar-refractivity contribution in [3.63, 3.8) is 0 Å². The van der Waals surface area contributed by atoms with Crippen LogP contribution in [0.4, 0.5) is 24.9 Å². The summed E-state index contributed by atoms with van der Waals surface area (Å²) in [5.74, 6) is -0.0523. The standard InChI is InChI=1S/C15H9ClF3N3O2/c16-10-6-5-8(15(17,18)19)7-11(10)20-14-22-21-13(24-14)9-3-1-2-4-12(9)23/h1-7,23H,(H,20,22). The third kappa shape index (κ3) is 3.28. The average Bonchev–Trinajstić information content (AvgIpc) is 2.97. The molecular weight excluding hydrogens is 347 g/mol. The van der Waals surface area contributed by atoms with E-state index in [1.807, 2.05) is 0 Å². The van der Waals surface area contributed by atoms with E-state index < -0.39 is 11.7 Å². The van der Waals surface area contributed by atoms with Gasteiger partial charge < -0.3 is 14.8 Å². The van der Waals surface area contributed by atoms with Crippen molar-refractivity contribution in [2.24, 2.45) is 0 Å². The van der Waals surface area contributed by atoms with Gasteiger partial charge in [0.25, 0.3) is 5.89 Å². The number of aromatic hydroxyl groups is 1. The van der Waals surface area contributed by atoms with Crippen molar-refractivity contribution in [3.8, 4) is 17.2 Å². The highest BCUT2D eigenvalue weighted by Gasteiger charge is 2.31. The van der Waals surface area contributed by atoms with Gasteiger partial charge >= 0.3 is 12.2 Å². The highest BCUT2D eigenvalue weighted by Crippen LogP contribution is 2.35. The Labute approximate surface area is 138 Å². The number of nitrogens with zero attached hydrogens (tertiary/aromatic N) is 2. The first-order valence-electron chi connectivity index (χ1n) is 6.60. The van der Waals surface area contributed by atoms with E-state index in [0.717, 1.165) is 18.2 Å². The zero-order chi connectivity index (χ0) is 17.3. The third-order valence-electron chi connectivity index (χ3n) is 3.09. The van der Waals surface area contributed by atoms with Crippen molar-refractivity contribution in [2.75, 3.05) is 5.32 Å². The van der Waals surface area contributed by atoms with Gasteiger partial charge in [-0.15, -0.1) is 5.10 Å². The molecule has 0 fully saturated rings. The van der Waals surface area contributed by atoms with Gasteiger partial charge in [0.2, 0.25) is 0 Å². The van der Waals surface area contributed by atoms with Crippen molar-refractivity contribution < 1.29 is 22.7 Å². The van der Waals surface area contributed by atoms with E-state index in [9.17, 15) is 18.3 Å². The van der Waals surface area contributed by atoms with E-state index in [2.05, 4.69) is 15.5 Å². The molecule has 3 rings (SSSR count). The first-order valence-corrected chi connectivity index (χ1v) is 6.98. The molecule has 0 saturated carbocycles. The highest BCUT2D eigenvalue weighted by atomic mass is 35.5. The minimum Gasteiger partial charge on any atom is -0.507 e. The number of anilines is 2. The molecule has 0 amide bonds. The van der Waals surface area contributed by atoms with Crippen molar-refractivity contribution in [3.05, 3.63) is 53.1 Å². The van der Waals surface area contributed by atoms with Crippen molar-refractivity contribution in [1.82, 2.24) is 10.2 Å². The molecule has 24 heavy (non-hydrogen) atoms. The zero-order valence-electron chi connectivity index (χ0n) is 11.8. The van der Waals surface area contributed by atoms with Gasteiger partial charge in [0.05, 0.1) is 21.8 Å². The summed E-state index contributed by atoms with van der Waals surface area (Å²) in [6.45, 7) is 0. The molecule has 0 bridgehead atoms. The quantitative estimate of drug-likeness (QED) is 0.702. The fraction of sp³-hybridized carbons (Fsp3) is 0.0667. The molecule has 0 spiro atoms. The Morgan fingerprint density at radius 2 is 1.83 bits per heavy atom. The van der Waals surface area contributed by atoms with Crippen LogP contribution < -0.4 is 5.32 Å². The second kappa shape index (κ2) is 6.04. The summed E-state index contributed by atoms with van der Waals surface area (Å²) in [5, 5.41) is 19.8. The third-order valence-corrected chi connectivity index (χ3v) is 3.42. The Morgan fingerprint density at radius 3 is 2.54 bits per heavy atom. The molecule has 2 N–H and O–H groups in total. The van der Waals surface area contributed by atoms with Crippen LogP contribution in [0, 0.1) is 0 Å². The molecule has 0 aliphatic heterocycles. The molecule has 2 aromatic carbocycles. The largest absolute Gasteiger partial charge is 0.507 e. The minimum absolute atomic E-state index is 0.0127. The number of para-hydroxylation sites is 1. The van der Waals surface area contributed by atoms with Gasteiger partial charge in [0.1, 0.15) is 5.75 Å². The molecule has 0 atom stereocenters. The molecule has 0 radical (unpaired) electrons. The minimum atomic E-state index is -4.50. The first kappa shape index (κ1) is 16.1. The molecule has 124 valence electrons. The van der Waals surface area contributed by atoms with E-state index in [1.54, 1.807) is 18.2 Å². The average molecular weight is 356 g/mol. The van der Waals surface area contributed by atoms with Crippen LogP contribution in [0.25, 0.3) is 11.5 Å². The monoisotopic (exact) mass is 355 g/mol. The number of phenolic OH excluding ortho intramolecular Hbond substituents is 1. The van der Waals surface area contributed by atoms with Crippen LogP contribution in [0.1, 0.15) is 5.56 Å². The molecule has 3 aromatic rings. The van der Waals surface area contributed by atoms with Crippen molar-refractivity contribution in [1.29, 1.82) is 0 Å². The van der Waals surface area contributed by atoms with Crippen LogP contribution in [0.2, 0.25) is 5.02 Å². The number of alkyl halides is 3. The van der Waals surface area contributed by atoms with Crippen LogP contribution in [0.3, 0.4) is 0 Å². The maximum atomic E-state index is 12.8. The van der Waals surface area contributed by atoms with Crippen LogP contribution in [-0.4, -0.2) is 15.3 Å². The smallest absolute Gasteiger partial charge is 0.416 e. The van der Waals surface area contributed by atoms with Gasteiger partial charge in [0, 0.05) is 0 Å². The Bertz CT molecular complexity index is 880. The lowest BCUT2D eigenvalue weighted by Gasteiger charge is -2.10. The fourth-order valence-corrected chi connectivity index (χ4v) is 2.11. The number of halogens is 4. The maximum Gasteiger partial charge on any atom is 0.416 e. The van der Waals surface area contributed by atoms with Crippen LogP contribution in [0.15, 0.2) is 46.9 Å². The van der Waals surface area contributed by atoms with Gasteiger partial charge in [-0.3, -0.25) is 0 Å². The van der Waals surface area contributed by atoms with Crippen molar-refractivity contribution in [2.45, 2.75) is 6.18 Å². The van der Waals surface area contributed by atoms with Gasteiger partial charge in [-0.1, -0.05) is 28.8 Å². The van der Waals surface area contributed by atoms with Crippen LogP contribution >= 0.6 is 11.6 Å². The molecule has 9 heteroatoms. The number of hydrogen-bond donors (Lipinski definition) is 2. The Hall–Kier alpha value is -2.74. The van der Waals surface area contributed by atoms with Crippen LogP contribution in [-0.2, 0) is 6.18 Å². The second-order valence-corrected chi connectivity index (χ2v) is 5.15. The Kier molecular flexibility index (Phi) is 4.06. The van der Waals surface area contributed by atoms with E-state index in [-0.39, 0.29) is 28.4 Å². The predicted molar refractivity (Wildman–Crippen MR) is 81.1 cm³/mol. The molecule has 1 heterocycles. The Morgan fingerprint density at radius 1 is 1.08 bits per heavy atom. The normalized spacial score (nSPS) is 11.5. The molecule has 5 nitrogen and oxygen atoms in total. The van der Waals surface area contributed by atoms with Gasteiger partial charge in [-0.2, -0.15) is 13.2 Å². The predicted octanol–water partition coefficient (Wildman–Crippen LogP) is 4.86. The highest BCUT2D eigenvalue weighted by molar-refractivity contribution is 6.33. The van der Waals surface area contributed by atoms with Gasteiger partial charge in [-0.25, -0.2) is 0 Å². The molecular formula is C15H9ClF3N3O2. The van der Waals surface area contributed by atoms with Gasteiger partial charge in [0.15, 0.2) is 0 Å². The fourth-order valence-electron chi connectivity index (χ4n) is 1.95. The first-order chi connectivity index (χ1) is 11.3. The second-order valence-electron chi connectivity index (χ2n) is 4.75. The Balaban J connectivity index is 1.89. The number of nitrogens with one attached hydrogen (secondary N) is 1. The van der Waals surface area contributed by atoms with E-state index in [1.165, 1.54) is 6.07 Å². The lowest BCUT2D eigenvalue weighted by atomic mass is 10.2. The summed E-state index contributed by atoms with van der Waals surface area (Å²) < 4.78 is 43.6. The summed E-state index contributed by atoms with van der Waals surface area (Å²) in [4.78, 5) is 0. The summed E-state index contributed by atoms with van der Waals surface area (Å²) in [6.07, 6.45) is -4.50. The molecule has 1 aromatic heterocycles. The maximum absolute atomic E-state index is 12.8. The lowest BCUT2D eigenvalue weighted by Crippen LogP contribution is -2.05. The number of phenols is 1. The molecule has 0 aliphatic carbocycles. The number of benzene rings is 2. The number of hydrogen-bond acceptors (Lipinski definition) is 5. The van der Waals surface area contributed by atoms with E-state index in [0.29, 0.717) is 5.56 Å². The summed E-state index contributed by atoms with van der Waals surface area (Å²) in [5.41, 5.74) is -0.595. The zero-order valence-corrected chi connectivity index (χ0v) is 12.6. The van der Waals surface area contributed by atoms with Crippen molar-refractivity contribution >= 4 is 23.3 Å². The topological polar surface area (TPSA) is 71.2 Å². The molecule has 0 aliphatic rings. The number of aromatic nitrogens is 2. The lowest BCUT2D eigenvalue weighted by molar-refractivity contribution is -0.137. The summed E-state index contributed by atoms with van der Waals surface area (Å²) in [6, 6.07) is 8.95. The summed E-state index contributed by atoms with van der Waals surface area (Å²) in [7, 11) is 0. The van der Waals surface area contributed by atoms with Gasteiger partial charge in [-0.05, 0) is 30.3 Å². The molecule has 0 saturated heterocycles. The van der Waals surface area contributed by atoms with E-state index >= 15 is 0 Å². The SMILES string of the molecule is Oc1ccccc1-c1nnc(Nc2cc(C(F)(F)F)ccc2Cl)o1. The summed E-state index contributed by atoms with van der Waals surface area (Å²) >= 11 is 5.89. The molecule has 0 unspecified atom stereocenters.